The van der Waals surface area contributed by atoms with Crippen molar-refractivity contribution in [1.82, 2.24) is 0 Å². The smallest absolute Gasteiger partial charge is 0.286 e. The van der Waals surface area contributed by atoms with Gasteiger partial charge >= 0.3 is 0 Å². The quantitative estimate of drug-likeness (QED) is 0.522. The van der Waals surface area contributed by atoms with Crippen LogP contribution in [0.5, 0.6) is 0 Å². The largest absolute Gasteiger partial charge is 0.421 e. The maximum Gasteiger partial charge on any atom is 0.286 e. The molecule has 56 valence electrons. The van der Waals surface area contributed by atoms with Gasteiger partial charge in [-0.15, -0.1) is 0 Å². The lowest BCUT2D eigenvalue weighted by atomic mass is 9.86. The molecule has 0 unspecified atom stereocenters. The van der Waals surface area contributed by atoms with Crippen molar-refractivity contribution in [3.8, 4) is 6.26 Å². The van der Waals surface area contributed by atoms with Gasteiger partial charge < -0.3 is 4.74 Å². The summed E-state index contributed by atoms with van der Waals surface area (Å²) in [5.74, 6) is 0. The molecule has 0 aromatic carbocycles. The Kier molecular flexibility index (Phi) is 2.16. The van der Waals surface area contributed by atoms with Gasteiger partial charge in [-0.25, -0.2) is 0 Å². The maximum absolute atomic E-state index is 8.31. The van der Waals surface area contributed by atoms with E-state index in [2.05, 4.69) is 0 Å². The molecule has 0 radical (unpaired) electrons. The average molecular weight is 139 g/mol. The monoisotopic (exact) mass is 139 g/mol. The lowest BCUT2D eigenvalue weighted by Gasteiger charge is -2.30. The molecule has 0 aromatic rings. The molecule has 2 heteroatoms. The van der Waals surface area contributed by atoms with E-state index >= 15 is 0 Å². The highest BCUT2D eigenvalue weighted by Gasteiger charge is 2.28. The van der Waals surface area contributed by atoms with Crippen molar-refractivity contribution in [1.29, 1.82) is 5.26 Å². The van der Waals surface area contributed by atoms with E-state index in [1.165, 1.54) is 19.3 Å². The number of nitriles is 1. The summed E-state index contributed by atoms with van der Waals surface area (Å²) in [6.45, 7) is 2.02. The van der Waals surface area contributed by atoms with E-state index in [-0.39, 0.29) is 5.60 Å². The van der Waals surface area contributed by atoms with Gasteiger partial charge in [0.15, 0.2) is 0 Å². The van der Waals surface area contributed by atoms with Crippen molar-refractivity contribution in [2.45, 2.75) is 44.6 Å². The molecular weight excluding hydrogens is 126 g/mol. The summed E-state index contributed by atoms with van der Waals surface area (Å²) < 4.78 is 4.98. The molecule has 0 N–H and O–H groups in total. The fourth-order valence-corrected chi connectivity index (χ4v) is 1.51. The van der Waals surface area contributed by atoms with Crippen LogP contribution >= 0.6 is 0 Å². The zero-order valence-electron chi connectivity index (χ0n) is 6.39. The summed E-state index contributed by atoms with van der Waals surface area (Å²) in [6, 6.07) is 0. The lowest BCUT2D eigenvalue weighted by molar-refractivity contribution is 0.0178. The zero-order valence-corrected chi connectivity index (χ0v) is 6.39. The molecule has 0 heterocycles. The molecule has 0 saturated heterocycles. The maximum atomic E-state index is 8.31. The summed E-state index contributed by atoms with van der Waals surface area (Å²) in [7, 11) is 0. The molecule has 2 nitrogen and oxygen atoms in total. The molecule has 1 rings (SSSR count). The van der Waals surface area contributed by atoms with E-state index < -0.39 is 0 Å². The number of nitrogens with zero attached hydrogens (tertiary/aromatic N) is 1. The Morgan fingerprint density at radius 3 is 2.40 bits per heavy atom. The Morgan fingerprint density at radius 1 is 1.30 bits per heavy atom. The zero-order chi connectivity index (χ0) is 7.45. The second-order valence-electron chi connectivity index (χ2n) is 3.20. The lowest BCUT2D eigenvalue weighted by Crippen LogP contribution is -2.29. The Hall–Kier alpha value is -0.710. The molecule has 10 heavy (non-hydrogen) atoms. The van der Waals surface area contributed by atoms with Gasteiger partial charge in [-0.1, -0.05) is 6.42 Å². The number of ether oxygens (including phenoxy) is 1. The summed E-state index contributed by atoms with van der Waals surface area (Å²) in [6.07, 6.45) is 7.57. The van der Waals surface area contributed by atoms with Crippen LogP contribution in [0, 0.1) is 11.5 Å². The van der Waals surface area contributed by atoms with Gasteiger partial charge in [0.1, 0.15) is 5.60 Å². The molecule has 0 aliphatic heterocycles. The first kappa shape index (κ1) is 7.40. The van der Waals surface area contributed by atoms with Gasteiger partial charge in [0.25, 0.3) is 6.26 Å². The van der Waals surface area contributed by atoms with Gasteiger partial charge in [-0.2, -0.15) is 5.26 Å². The van der Waals surface area contributed by atoms with Crippen LogP contribution in [0.1, 0.15) is 39.0 Å². The average Bonchev–Trinajstić information content (AvgIpc) is 1.89. The highest BCUT2D eigenvalue weighted by molar-refractivity contribution is 4.81. The SMILES string of the molecule is CC1(OC#N)CCCCC1. The molecule has 0 amide bonds. The van der Waals surface area contributed by atoms with Crippen LogP contribution in [0.15, 0.2) is 0 Å². The van der Waals surface area contributed by atoms with E-state index in [1.54, 1.807) is 6.26 Å². The Balaban J connectivity index is 2.42. The van der Waals surface area contributed by atoms with Gasteiger partial charge in [-0.05, 0) is 32.6 Å². The van der Waals surface area contributed by atoms with E-state index in [4.69, 9.17) is 10.00 Å². The Labute approximate surface area is 61.8 Å². The van der Waals surface area contributed by atoms with Crippen molar-refractivity contribution >= 4 is 0 Å². The van der Waals surface area contributed by atoms with Gasteiger partial charge in [0.05, 0.1) is 0 Å². The molecule has 1 aliphatic rings. The minimum Gasteiger partial charge on any atom is -0.421 e. The normalized spacial score (nSPS) is 23.2. The van der Waals surface area contributed by atoms with Crippen LogP contribution in [-0.2, 0) is 4.74 Å². The summed E-state index contributed by atoms with van der Waals surface area (Å²) >= 11 is 0. The van der Waals surface area contributed by atoms with Crippen molar-refractivity contribution in [3.05, 3.63) is 0 Å². The van der Waals surface area contributed by atoms with Gasteiger partial charge in [0, 0.05) is 0 Å². The second kappa shape index (κ2) is 2.92. The first-order valence-electron chi connectivity index (χ1n) is 3.84. The number of rotatable bonds is 1. The number of hydrogen-bond donors (Lipinski definition) is 0. The highest BCUT2D eigenvalue weighted by Crippen LogP contribution is 2.30. The minimum atomic E-state index is -0.132. The van der Waals surface area contributed by atoms with E-state index in [0.29, 0.717) is 0 Å². The predicted molar refractivity (Wildman–Crippen MR) is 38.2 cm³/mol. The molecular formula is C8H13NO. The van der Waals surface area contributed by atoms with Crippen LogP contribution in [0.4, 0.5) is 0 Å². The van der Waals surface area contributed by atoms with Crippen LogP contribution in [-0.4, -0.2) is 5.60 Å². The molecule has 0 atom stereocenters. The molecule has 1 saturated carbocycles. The van der Waals surface area contributed by atoms with Gasteiger partial charge in [0.2, 0.25) is 0 Å². The predicted octanol–water partition coefficient (Wildman–Crippen LogP) is 2.21. The van der Waals surface area contributed by atoms with Crippen molar-refractivity contribution in [2.24, 2.45) is 0 Å². The van der Waals surface area contributed by atoms with Crippen molar-refractivity contribution in [2.75, 3.05) is 0 Å². The van der Waals surface area contributed by atoms with E-state index in [1.807, 2.05) is 6.92 Å². The summed E-state index contributed by atoms with van der Waals surface area (Å²) in [4.78, 5) is 0. The topological polar surface area (TPSA) is 33.0 Å². The third-order valence-electron chi connectivity index (χ3n) is 2.20. The molecule has 0 aromatic heterocycles. The number of hydrogen-bond acceptors (Lipinski definition) is 2. The van der Waals surface area contributed by atoms with Crippen molar-refractivity contribution < 1.29 is 4.74 Å². The first-order chi connectivity index (χ1) is 4.77. The minimum absolute atomic E-state index is 0.132. The van der Waals surface area contributed by atoms with Crippen molar-refractivity contribution in [3.63, 3.8) is 0 Å². The third kappa shape index (κ3) is 1.63. The van der Waals surface area contributed by atoms with E-state index in [9.17, 15) is 0 Å². The fraction of sp³-hybridized carbons (Fsp3) is 0.875. The van der Waals surface area contributed by atoms with Crippen LogP contribution in [0.2, 0.25) is 0 Å². The summed E-state index contributed by atoms with van der Waals surface area (Å²) in [5.41, 5.74) is -0.132. The van der Waals surface area contributed by atoms with Crippen LogP contribution in [0.3, 0.4) is 0 Å². The molecule has 0 spiro atoms. The molecule has 1 fully saturated rings. The summed E-state index contributed by atoms with van der Waals surface area (Å²) in [5, 5.41) is 8.31. The molecule has 0 bridgehead atoms. The second-order valence-corrected chi connectivity index (χ2v) is 3.20. The Bertz CT molecular complexity index is 142. The van der Waals surface area contributed by atoms with Crippen LogP contribution < -0.4 is 0 Å². The van der Waals surface area contributed by atoms with Gasteiger partial charge in [-0.3, -0.25) is 0 Å². The fourth-order valence-electron chi connectivity index (χ4n) is 1.51. The van der Waals surface area contributed by atoms with Crippen LogP contribution in [0.25, 0.3) is 0 Å². The molecule has 1 aliphatic carbocycles. The Morgan fingerprint density at radius 2 is 1.90 bits per heavy atom. The first-order valence-corrected chi connectivity index (χ1v) is 3.84. The third-order valence-corrected chi connectivity index (χ3v) is 2.20. The standard InChI is InChI=1S/C8H13NO/c1-8(10-7-9)5-3-2-4-6-8/h2-6H2,1H3. The highest BCUT2D eigenvalue weighted by atomic mass is 16.5. The van der Waals surface area contributed by atoms with E-state index in [0.717, 1.165) is 12.8 Å².